The Morgan fingerprint density at radius 1 is 1.47 bits per heavy atom. The number of nitrogens with zero attached hydrogens (tertiary/aromatic N) is 2. The van der Waals surface area contributed by atoms with Crippen molar-refractivity contribution in [1.29, 1.82) is 0 Å². The number of hydrogen-bond donors (Lipinski definition) is 2. The summed E-state index contributed by atoms with van der Waals surface area (Å²) in [6.45, 7) is 2.48. The van der Waals surface area contributed by atoms with Gasteiger partial charge in [-0.3, -0.25) is 9.89 Å². The molecule has 5 nitrogen and oxygen atoms in total. The van der Waals surface area contributed by atoms with Crippen LogP contribution >= 0.6 is 11.6 Å². The molecule has 0 saturated heterocycles. The number of aryl methyl sites for hydroxylation is 2. The van der Waals surface area contributed by atoms with Gasteiger partial charge >= 0.3 is 0 Å². The van der Waals surface area contributed by atoms with Gasteiger partial charge in [0, 0.05) is 23.6 Å². The monoisotopic (exact) mass is 278 g/mol. The number of halogens is 1. The quantitative estimate of drug-likeness (QED) is 0.823. The van der Waals surface area contributed by atoms with Crippen molar-refractivity contribution in [1.82, 2.24) is 20.5 Å². The highest BCUT2D eigenvalue weighted by Gasteiger charge is 2.08. The Hall–Kier alpha value is -1.88. The maximum atomic E-state index is 12.0. The van der Waals surface area contributed by atoms with Gasteiger partial charge in [0.05, 0.1) is 0 Å². The van der Waals surface area contributed by atoms with Crippen LogP contribution in [0.5, 0.6) is 0 Å². The van der Waals surface area contributed by atoms with Crippen LogP contribution in [0.15, 0.2) is 24.5 Å². The lowest BCUT2D eigenvalue weighted by Crippen LogP contribution is -2.25. The summed E-state index contributed by atoms with van der Waals surface area (Å²) in [6, 6.07) is 5.30. The molecule has 0 aliphatic heterocycles. The van der Waals surface area contributed by atoms with Gasteiger partial charge in [-0.05, 0) is 31.0 Å². The first-order valence-electron chi connectivity index (χ1n) is 6.05. The maximum absolute atomic E-state index is 12.0. The van der Waals surface area contributed by atoms with Gasteiger partial charge < -0.3 is 5.32 Å². The summed E-state index contributed by atoms with van der Waals surface area (Å²) in [6.07, 6.45) is 3.04. The lowest BCUT2D eigenvalue weighted by molar-refractivity contribution is 0.0952. The van der Waals surface area contributed by atoms with Crippen molar-refractivity contribution in [2.45, 2.75) is 19.8 Å². The average molecular weight is 279 g/mol. The molecular weight excluding hydrogens is 264 g/mol. The van der Waals surface area contributed by atoms with Crippen molar-refractivity contribution >= 4 is 17.5 Å². The zero-order valence-corrected chi connectivity index (χ0v) is 11.4. The molecule has 0 radical (unpaired) electrons. The zero-order chi connectivity index (χ0) is 13.7. The third-order valence-corrected chi connectivity index (χ3v) is 3.02. The fraction of sp³-hybridized carbons (Fsp3) is 0.308. The fourth-order valence-corrected chi connectivity index (χ4v) is 1.92. The molecular formula is C13H15ClN4O. The van der Waals surface area contributed by atoms with E-state index in [9.17, 15) is 4.79 Å². The van der Waals surface area contributed by atoms with E-state index in [0.29, 0.717) is 17.1 Å². The molecule has 1 heterocycles. The van der Waals surface area contributed by atoms with Crippen molar-refractivity contribution in [2.75, 3.05) is 6.54 Å². The van der Waals surface area contributed by atoms with Gasteiger partial charge in [-0.1, -0.05) is 17.7 Å². The third kappa shape index (κ3) is 3.79. The van der Waals surface area contributed by atoms with Crippen LogP contribution in [0.25, 0.3) is 0 Å². The molecule has 6 heteroatoms. The Labute approximate surface area is 116 Å². The summed E-state index contributed by atoms with van der Waals surface area (Å²) < 4.78 is 0. The van der Waals surface area contributed by atoms with Gasteiger partial charge in [0.25, 0.3) is 5.91 Å². The number of H-pyrrole nitrogens is 1. The van der Waals surface area contributed by atoms with Crippen LogP contribution in [-0.4, -0.2) is 27.6 Å². The van der Waals surface area contributed by atoms with Crippen LogP contribution in [0.2, 0.25) is 5.02 Å². The van der Waals surface area contributed by atoms with Crippen LogP contribution in [0, 0.1) is 6.92 Å². The maximum Gasteiger partial charge on any atom is 0.251 e. The number of benzene rings is 1. The highest BCUT2D eigenvalue weighted by atomic mass is 35.5. The number of amides is 1. The number of hydrogen-bond acceptors (Lipinski definition) is 3. The van der Waals surface area contributed by atoms with Gasteiger partial charge in [-0.25, -0.2) is 4.98 Å². The normalized spacial score (nSPS) is 10.4. The van der Waals surface area contributed by atoms with Crippen LogP contribution < -0.4 is 5.32 Å². The van der Waals surface area contributed by atoms with Crippen molar-refractivity contribution in [3.8, 4) is 0 Å². The smallest absolute Gasteiger partial charge is 0.251 e. The van der Waals surface area contributed by atoms with Crippen molar-refractivity contribution < 1.29 is 4.79 Å². The van der Waals surface area contributed by atoms with Gasteiger partial charge in [-0.15, -0.1) is 0 Å². The van der Waals surface area contributed by atoms with Crippen molar-refractivity contribution in [2.24, 2.45) is 0 Å². The summed E-state index contributed by atoms with van der Waals surface area (Å²) in [7, 11) is 0. The summed E-state index contributed by atoms with van der Waals surface area (Å²) in [5.74, 6) is 0.728. The number of aromatic amines is 1. The lowest BCUT2D eigenvalue weighted by Gasteiger charge is -2.07. The molecule has 0 bridgehead atoms. The number of aromatic nitrogens is 3. The Kier molecular flexibility index (Phi) is 4.52. The molecule has 1 amide bonds. The van der Waals surface area contributed by atoms with Crippen molar-refractivity contribution in [3.63, 3.8) is 0 Å². The first-order valence-corrected chi connectivity index (χ1v) is 6.43. The Bertz CT molecular complexity index is 554. The molecule has 100 valence electrons. The predicted molar refractivity (Wildman–Crippen MR) is 73.2 cm³/mol. The molecule has 0 saturated carbocycles. The fourth-order valence-electron chi connectivity index (χ4n) is 1.74. The second kappa shape index (κ2) is 6.33. The van der Waals surface area contributed by atoms with Gasteiger partial charge in [0.1, 0.15) is 12.2 Å². The third-order valence-electron chi connectivity index (χ3n) is 2.79. The van der Waals surface area contributed by atoms with Gasteiger partial charge in [0.15, 0.2) is 0 Å². The molecule has 2 rings (SSSR count). The number of carbonyl (C=O) groups is 1. The molecule has 0 fully saturated rings. The van der Waals surface area contributed by atoms with Crippen LogP contribution in [0.4, 0.5) is 0 Å². The first-order chi connectivity index (χ1) is 9.16. The Morgan fingerprint density at radius 3 is 3.05 bits per heavy atom. The van der Waals surface area contributed by atoms with E-state index < -0.39 is 0 Å². The number of carbonyl (C=O) groups excluding carboxylic acids is 1. The Balaban J connectivity index is 1.82. The van der Waals surface area contributed by atoms with E-state index in [1.165, 1.54) is 6.33 Å². The zero-order valence-electron chi connectivity index (χ0n) is 10.6. The standard InChI is InChI=1S/C13H15ClN4O/c1-9-4-5-10(14)7-11(9)13(19)15-6-2-3-12-16-8-17-18-12/h4-5,7-8H,2-3,6H2,1H3,(H,15,19)(H,16,17,18). The summed E-state index contributed by atoms with van der Waals surface area (Å²) in [5, 5.41) is 9.99. The van der Waals surface area contributed by atoms with E-state index in [1.807, 2.05) is 13.0 Å². The molecule has 2 N–H and O–H groups in total. The molecule has 0 aliphatic carbocycles. The van der Waals surface area contributed by atoms with Gasteiger partial charge in [-0.2, -0.15) is 5.10 Å². The van der Waals surface area contributed by atoms with Gasteiger partial charge in [0.2, 0.25) is 0 Å². The minimum Gasteiger partial charge on any atom is -0.352 e. The SMILES string of the molecule is Cc1ccc(Cl)cc1C(=O)NCCCc1ncn[nH]1. The lowest BCUT2D eigenvalue weighted by atomic mass is 10.1. The van der Waals surface area contributed by atoms with E-state index >= 15 is 0 Å². The highest BCUT2D eigenvalue weighted by Crippen LogP contribution is 2.15. The second-order valence-corrected chi connectivity index (χ2v) is 4.69. The second-order valence-electron chi connectivity index (χ2n) is 4.25. The van der Waals surface area contributed by atoms with E-state index in [-0.39, 0.29) is 5.91 Å². The Morgan fingerprint density at radius 2 is 2.32 bits per heavy atom. The summed E-state index contributed by atoms with van der Waals surface area (Å²) in [5.41, 5.74) is 1.53. The number of nitrogens with one attached hydrogen (secondary N) is 2. The molecule has 2 aromatic rings. The minimum absolute atomic E-state index is 0.0995. The van der Waals surface area contributed by atoms with E-state index in [1.54, 1.807) is 12.1 Å². The topological polar surface area (TPSA) is 70.7 Å². The molecule has 0 atom stereocenters. The highest BCUT2D eigenvalue weighted by molar-refractivity contribution is 6.31. The first kappa shape index (κ1) is 13.5. The average Bonchev–Trinajstić information content (AvgIpc) is 2.90. The largest absolute Gasteiger partial charge is 0.352 e. The molecule has 1 aromatic heterocycles. The predicted octanol–water partition coefficient (Wildman–Crippen LogP) is 2.13. The van der Waals surface area contributed by atoms with Crippen LogP contribution in [-0.2, 0) is 6.42 Å². The van der Waals surface area contributed by atoms with E-state index in [0.717, 1.165) is 24.2 Å². The molecule has 0 unspecified atom stereocenters. The molecule has 0 spiro atoms. The van der Waals surface area contributed by atoms with Crippen molar-refractivity contribution in [3.05, 3.63) is 46.5 Å². The minimum atomic E-state index is -0.0995. The van der Waals surface area contributed by atoms with Crippen LogP contribution in [0.3, 0.4) is 0 Å². The van der Waals surface area contributed by atoms with E-state index in [2.05, 4.69) is 20.5 Å². The number of rotatable bonds is 5. The van der Waals surface area contributed by atoms with Crippen LogP contribution in [0.1, 0.15) is 28.2 Å². The molecule has 1 aromatic carbocycles. The molecule has 19 heavy (non-hydrogen) atoms. The van der Waals surface area contributed by atoms with E-state index in [4.69, 9.17) is 11.6 Å². The molecule has 0 aliphatic rings. The summed E-state index contributed by atoms with van der Waals surface area (Å²) >= 11 is 5.89. The summed E-state index contributed by atoms with van der Waals surface area (Å²) in [4.78, 5) is 16.0.